The van der Waals surface area contributed by atoms with Crippen molar-refractivity contribution < 1.29 is 19.7 Å². The Labute approximate surface area is 139 Å². The van der Waals surface area contributed by atoms with E-state index in [-0.39, 0.29) is 22.1 Å². The highest BCUT2D eigenvalue weighted by molar-refractivity contribution is 6.34. The molecule has 0 unspecified atom stereocenters. The fourth-order valence-corrected chi connectivity index (χ4v) is 2.38. The van der Waals surface area contributed by atoms with Gasteiger partial charge in [-0.25, -0.2) is 4.79 Å². The van der Waals surface area contributed by atoms with Crippen LogP contribution in [0.3, 0.4) is 0 Å². The number of rotatable bonds is 4. The molecular weight excluding hydrogens is 316 g/mol. The van der Waals surface area contributed by atoms with Gasteiger partial charge in [-0.05, 0) is 54.3 Å². The zero-order valence-electron chi connectivity index (χ0n) is 13.1. The molecule has 0 amide bonds. The van der Waals surface area contributed by atoms with Crippen LogP contribution in [0.2, 0.25) is 5.02 Å². The van der Waals surface area contributed by atoms with Crippen molar-refractivity contribution in [2.75, 3.05) is 7.11 Å². The molecule has 2 rings (SSSR count). The van der Waals surface area contributed by atoms with Crippen molar-refractivity contribution in [1.29, 1.82) is 0 Å². The molecule has 0 heterocycles. The zero-order chi connectivity index (χ0) is 17.1. The second-order valence-electron chi connectivity index (χ2n) is 5.18. The van der Waals surface area contributed by atoms with Crippen molar-refractivity contribution in [3.63, 3.8) is 0 Å². The summed E-state index contributed by atoms with van der Waals surface area (Å²) < 4.78 is 4.98. The van der Waals surface area contributed by atoms with Crippen molar-refractivity contribution in [3.8, 4) is 11.5 Å². The van der Waals surface area contributed by atoms with Gasteiger partial charge in [0.1, 0.15) is 0 Å². The van der Waals surface area contributed by atoms with E-state index in [0.717, 1.165) is 11.1 Å². The molecule has 0 bridgehead atoms. The van der Waals surface area contributed by atoms with Gasteiger partial charge in [-0.1, -0.05) is 29.8 Å². The molecule has 5 heteroatoms. The molecule has 120 valence electrons. The number of aromatic hydroxyl groups is 1. The van der Waals surface area contributed by atoms with Gasteiger partial charge in [-0.2, -0.15) is 0 Å². The van der Waals surface area contributed by atoms with Crippen LogP contribution < -0.4 is 4.74 Å². The molecule has 0 spiro atoms. The average Bonchev–Trinajstić information content (AvgIpc) is 2.51. The van der Waals surface area contributed by atoms with E-state index in [1.807, 2.05) is 26.0 Å². The Morgan fingerprint density at radius 2 is 1.87 bits per heavy atom. The lowest BCUT2D eigenvalue weighted by atomic mass is 9.98. The van der Waals surface area contributed by atoms with E-state index in [1.165, 1.54) is 19.3 Å². The highest BCUT2D eigenvalue weighted by atomic mass is 35.5. The summed E-state index contributed by atoms with van der Waals surface area (Å²) in [6.07, 6.45) is 1.44. The summed E-state index contributed by atoms with van der Waals surface area (Å²) in [6.45, 7) is 3.88. The second-order valence-corrected chi connectivity index (χ2v) is 5.56. The van der Waals surface area contributed by atoms with Crippen molar-refractivity contribution in [3.05, 3.63) is 57.6 Å². The third-order valence-electron chi connectivity index (χ3n) is 3.68. The van der Waals surface area contributed by atoms with Crippen molar-refractivity contribution in [1.82, 2.24) is 0 Å². The van der Waals surface area contributed by atoms with Crippen LogP contribution in [0.5, 0.6) is 11.5 Å². The maximum atomic E-state index is 11.6. The number of carbonyl (C=O) groups is 1. The molecule has 4 nitrogen and oxygen atoms in total. The number of ether oxygens (including phenoxy) is 1. The molecule has 2 N–H and O–H groups in total. The van der Waals surface area contributed by atoms with Crippen molar-refractivity contribution in [2.45, 2.75) is 13.8 Å². The first-order chi connectivity index (χ1) is 10.8. The monoisotopic (exact) mass is 332 g/mol. The van der Waals surface area contributed by atoms with Crippen LogP contribution in [0.1, 0.15) is 22.3 Å². The van der Waals surface area contributed by atoms with E-state index in [4.69, 9.17) is 16.3 Å². The minimum atomic E-state index is -1.07. The van der Waals surface area contributed by atoms with Crippen LogP contribution >= 0.6 is 11.6 Å². The first-order valence-corrected chi connectivity index (χ1v) is 7.31. The number of aliphatic carboxylic acids is 1. The number of carboxylic acid groups (broad SMARTS) is 1. The number of halogens is 1. The Morgan fingerprint density at radius 3 is 2.43 bits per heavy atom. The van der Waals surface area contributed by atoms with Crippen molar-refractivity contribution >= 4 is 29.2 Å². The number of phenolic OH excluding ortho intramolecular Hbond substituents is 1. The third kappa shape index (κ3) is 3.48. The normalized spacial score (nSPS) is 11.4. The van der Waals surface area contributed by atoms with E-state index < -0.39 is 5.97 Å². The Hall–Kier alpha value is -2.46. The lowest BCUT2D eigenvalue weighted by molar-refractivity contribution is -0.130. The van der Waals surface area contributed by atoms with Gasteiger partial charge in [0.2, 0.25) is 0 Å². The number of phenols is 1. The quantitative estimate of drug-likeness (QED) is 0.647. The van der Waals surface area contributed by atoms with E-state index in [1.54, 1.807) is 12.1 Å². The summed E-state index contributed by atoms with van der Waals surface area (Å²) in [6, 6.07) is 8.57. The predicted octanol–water partition coefficient (Wildman–Crippen LogP) is 4.30. The molecular formula is C18H17ClO4. The smallest absolute Gasteiger partial charge is 0.336 e. The van der Waals surface area contributed by atoms with Crippen LogP contribution in [-0.4, -0.2) is 23.3 Å². The van der Waals surface area contributed by atoms with Crippen molar-refractivity contribution in [2.24, 2.45) is 0 Å². The molecule has 0 saturated carbocycles. The number of carboxylic acids is 1. The summed E-state index contributed by atoms with van der Waals surface area (Å²) in [4.78, 5) is 11.6. The summed E-state index contributed by atoms with van der Waals surface area (Å²) >= 11 is 6.10. The van der Waals surface area contributed by atoms with Crippen LogP contribution in [0.25, 0.3) is 11.6 Å². The largest absolute Gasteiger partial charge is 0.503 e. The number of aryl methyl sites for hydroxylation is 2. The third-order valence-corrected chi connectivity index (χ3v) is 4.07. The highest BCUT2D eigenvalue weighted by Crippen LogP contribution is 2.37. The molecule has 2 aromatic rings. The fourth-order valence-electron chi connectivity index (χ4n) is 2.17. The van der Waals surface area contributed by atoms with Crippen LogP contribution in [0.4, 0.5) is 0 Å². The van der Waals surface area contributed by atoms with Gasteiger partial charge in [0, 0.05) is 0 Å². The van der Waals surface area contributed by atoms with E-state index in [0.29, 0.717) is 11.1 Å². The maximum Gasteiger partial charge on any atom is 0.336 e. The zero-order valence-corrected chi connectivity index (χ0v) is 13.8. The molecule has 0 radical (unpaired) electrons. The summed E-state index contributed by atoms with van der Waals surface area (Å²) in [5.74, 6) is -1.05. The second kappa shape index (κ2) is 6.75. The Kier molecular flexibility index (Phi) is 4.96. The lowest BCUT2D eigenvalue weighted by Crippen LogP contribution is -2.00. The average molecular weight is 333 g/mol. The first-order valence-electron chi connectivity index (χ1n) is 6.93. The first kappa shape index (κ1) is 16.9. The van der Waals surface area contributed by atoms with E-state index >= 15 is 0 Å². The highest BCUT2D eigenvalue weighted by Gasteiger charge is 2.15. The summed E-state index contributed by atoms with van der Waals surface area (Å²) in [5.41, 5.74) is 3.16. The minimum absolute atomic E-state index is 0.0481. The molecule has 0 aliphatic rings. The standard InChI is InChI=1S/C18H17ClO4/c1-10-4-5-12(8-11(10)2)14(18(21)22)9-13-6-7-15(23-3)17(20)16(13)19/h4-9,20H,1-3H3,(H,21,22)/b14-9-. The maximum absolute atomic E-state index is 11.6. The van der Waals surface area contributed by atoms with Gasteiger partial charge < -0.3 is 14.9 Å². The van der Waals surface area contributed by atoms with Gasteiger partial charge in [0.15, 0.2) is 11.5 Å². The minimum Gasteiger partial charge on any atom is -0.503 e. The Morgan fingerprint density at radius 1 is 1.17 bits per heavy atom. The van der Waals surface area contributed by atoms with Crippen LogP contribution in [-0.2, 0) is 4.79 Å². The summed E-state index contributed by atoms with van der Waals surface area (Å²) in [5, 5.41) is 19.5. The Bertz CT molecular complexity index is 794. The van der Waals surface area contributed by atoms with Crippen LogP contribution in [0, 0.1) is 13.8 Å². The molecule has 0 saturated heterocycles. The summed E-state index contributed by atoms with van der Waals surface area (Å²) in [7, 11) is 1.42. The lowest BCUT2D eigenvalue weighted by Gasteiger charge is -2.09. The molecule has 0 atom stereocenters. The fraction of sp³-hybridized carbons (Fsp3) is 0.167. The molecule has 0 aliphatic carbocycles. The molecule has 0 aliphatic heterocycles. The molecule has 23 heavy (non-hydrogen) atoms. The van der Waals surface area contributed by atoms with Gasteiger partial charge in [0.25, 0.3) is 0 Å². The Balaban J connectivity index is 2.58. The van der Waals surface area contributed by atoms with Crippen LogP contribution in [0.15, 0.2) is 30.3 Å². The van der Waals surface area contributed by atoms with E-state index in [9.17, 15) is 15.0 Å². The van der Waals surface area contributed by atoms with Gasteiger partial charge in [0.05, 0.1) is 17.7 Å². The van der Waals surface area contributed by atoms with Gasteiger partial charge in [-0.15, -0.1) is 0 Å². The molecule has 0 aromatic heterocycles. The molecule has 0 fully saturated rings. The number of hydrogen-bond acceptors (Lipinski definition) is 3. The van der Waals surface area contributed by atoms with Gasteiger partial charge in [-0.3, -0.25) is 0 Å². The number of methoxy groups -OCH3 is 1. The number of benzene rings is 2. The topological polar surface area (TPSA) is 66.8 Å². The number of hydrogen-bond donors (Lipinski definition) is 2. The van der Waals surface area contributed by atoms with E-state index in [2.05, 4.69) is 0 Å². The SMILES string of the molecule is COc1ccc(/C=C(\C(=O)O)c2ccc(C)c(C)c2)c(Cl)c1O. The predicted molar refractivity (Wildman–Crippen MR) is 91.1 cm³/mol. The van der Waals surface area contributed by atoms with Gasteiger partial charge >= 0.3 is 5.97 Å². The molecule has 2 aromatic carbocycles.